The normalized spacial score (nSPS) is 38.6. The lowest BCUT2D eigenvalue weighted by Crippen LogP contribution is -2.48. The molecule has 0 amide bonds. The third-order valence-electron chi connectivity index (χ3n) is 12.3. The Morgan fingerprint density at radius 3 is 2.83 bits per heavy atom. The summed E-state index contributed by atoms with van der Waals surface area (Å²) in [6.45, 7) is 8.15. The van der Waals surface area contributed by atoms with Crippen molar-refractivity contribution in [1.82, 2.24) is 4.98 Å². The average Bonchev–Trinajstić information content (AvgIpc) is 3.59. The van der Waals surface area contributed by atoms with Gasteiger partial charge in [-0.25, -0.2) is 0 Å². The number of esters is 1. The first-order valence-electron chi connectivity index (χ1n) is 16.1. The molecule has 2 saturated carbocycles. The molecule has 42 heavy (non-hydrogen) atoms. The number of aryl methyl sites for hydroxylation is 1. The van der Waals surface area contributed by atoms with E-state index in [1.165, 1.54) is 43.2 Å². The highest BCUT2D eigenvalue weighted by Gasteiger charge is 2.67. The van der Waals surface area contributed by atoms with E-state index in [-0.39, 0.29) is 18.2 Å². The van der Waals surface area contributed by atoms with E-state index in [0.29, 0.717) is 52.8 Å². The van der Waals surface area contributed by atoms with E-state index in [2.05, 4.69) is 53.8 Å². The molecular weight excluding hydrogens is 590 g/mol. The Hall–Kier alpha value is -2.15. The van der Waals surface area contributed by atoms with Crippen LogP contribution in [0.4, 0.5) is 0 Å². The number of H-pyrrole nitrogens is 1. The van der Waals surface area contributed by atoms with E-state index in [9.17, 15) is 4.79 Å². The van der Waals surface area contributed by atoms with Crippen molar-refractivity contribution in [2.75, 3.05) is 6.61 Å². The number of hydrogen-bond donors (Lipinski definition) is 1. The molecule has 0 unspecified atom stereocenters. The molecule has 5 aliphatic rings. The standard InChI is InChI=1S/C36H42BrNO4/c1-20-10-13-36(40-19-20)21(2)34-32(42-36)17-30-28-7-4-22-14-25(6-8-26(22)27(28)11-12-35(30,34)3)41-33(39)15-23-18-38-31-9-5-24(37)16-29(23)31/h5-6,8-9,14,16,18,20-21,27-28,30,32,34,38H,4,7,10-13,15,17,19H2,1-3H3/t20-,21+,27-,28-,30+,32+,34+,35+,36-/m1/s1. The molecule has 5 nitrogen and oxygen atoms in total. The molecular formula is C36H42BrNO4. The predicted molar refractivity (Wildman–Crippen MR) is 166 cm³/mol. The highest BCUT2D eigenvalue weighted by atomic mass is 79.9. The molecule has 8 rings (SSSR count). The van der Waals surface area contributed by atoms with Gasteiger partial charge < -0.3 is 19.2 Å². The molecule has 0 radical (unpaired) electrons. The Bertz CT molecular complexity index is 1540. The van der Waals surface area contributed by atoms with Crippen LogP contribution in [-0.2, 0) is 27.1 Å². The van der Waals surface area contributed by atoms with Gasteiger partial charge in [0.1, 0.15) is 5.75 Å². The molecule has 0 bridgehead atoms. The number of halogens is 1. The number of carbonyl (C=O) groups is 1. The van der Waals surface area contributed by atoms with Gasteiger partial charge in [0.25, 0.3) is 0 Å². The molecule has 3 aliphatic carbocycles. The maximum absolute atomic E-state index is 12.9. The van der Waals surface area contributed by atoms with Gasteiger partial charge in [-0.1, -0.05) is 42.8 Å². The van der Waals surface area contributed by atoms with Crippen LogP contribution >= 0.6 is 15.9 Å². The summed E-state index contributed by atoms with van der Waals surface area (Å²) in [7, 11) is 0. The van der Waals surface area contributed by atoms with Crippen LogP contribution in [0.15, 0.2) is 47.1 Å². The number of benzene rings is 2. The number of nitrogens with one attached hydrogen (secondary N) is 1. The van der Waals surface area contributed by atoms with Gasteiger partial charge >= 0.3 is 5.97 Å². The minimum absolute atomic E-state index is 0.223. The van der Waals surface area contributed by atoms with E-state index >= 15 is 0 Å². The van der Waals surface area contributed by atoms with Crippen LogP contribution in [0.5, 0.6) is 5.75 Å². The summed E-state index contributed by atoms with van der Waals surface area (Å²) in [5, 5.41) is 1.05. The summed E-state index contributed by atoms with van der Waals surface area (Å²) in [6, 6.07) is 12.5. The van der Waals surface area contributed by atoms with Crippen LogP contribution in [0.3, 0.4) is 0 Å². The Morgan fingerprint density at radius 2 is 2.00 bits per heavy atom. The molecule has 3 heterocycles. The zero-order valence-corrected chi connectivity index (χ0v) is 26.5. The van der Waals surface area contributed by atoms with Crippen molar-refractivity contribution in [3.05, 3.63) is 63.8 Å². The minimum Gasteiger partial charge on any atom is -0.426 e. The van der Waals surface area contributed by atoms with Crippen LogP contribution in [0, 0.1) is 35.0 Å². The summed E-state index contributed by atoms with van der Waals surface area (Å²) in [5.74, 6) is 3.80. The van der Waals surface area contributed by atoms with Crippen LogP contribution in [0.25, 0.3) is 10.9 Å². The third kappa shape index (κ3) is 4.18. The number of ether oxygens (including phenoxy) is 3. The van der Waals surface area contributed by atoms with E-state index in [4.69, 9.17) is 14.2 Å². The Balaban J connectivity index is 0.971. The summed E-state index contributed by atoms with van der Waals surface area (Å²) >= 11 is 3.54. The smallest absolute Gasteiger partial charge is 0.315 e. The van der Waals surface area contributed by atoms with Crippen molar-refractivity contribution in [3.63, 3.8) is 0 Å². The Labute approximate surface area is 257 Å². The summed E-state index contributed by atoms with van der Waals surface area (Å²) in [4.78, 5) is 16.2. The Morgan fingerprint density at radius 1 is 1.12 bits per heavy atom. The second-order valence-corrected chi connectivity index (χ2v) is 15.4. The second kappa shape index (κ2) is 9.93. The fourth-order valence-corrected chi connectivity index (χ4v) is 10.6. The zero-order chi connectivity index (χ0) is 28.8. The first-order valence-corrected chi connectivity index (χ1v) is 16.9. The highest BCUT2D eigenvalue weighted by molar-refractivity contribution is 9.10. The van der Waals surface area contributed by atoms with Gasteiger partial charge in [-0.05, 0) is 121 Å². The van der Waals surface area contributed by atoms with Crippen molar-refractivity contribution in [3.8, 4) is 5.75 Å². The molecule has 2 aliphatic heterocycles. The van der Waals surface area contributed by atoms with Gasteiger partial charge in [-0.3, -0.25) is 4.79 Å². The van der Waals surface area contributed by atoms with Crippen molar-refractivity contribution in [2.45, 2.75) is 89.9 Å². The van der Waals surface area contributed by atoms with E-state index in [1.807, 2.05) is 30.5 Å². The van der Waals surface area contributed by atoms with Crippen LogP contribution in [0.1, 0.15) is 81.9 Å². The quantitative estimate of drug-likeness (QED) is 0.233. The lowest BCUT2D eigenvalue weighted by molar-refractivity contribution is -0.272. The number of aromatic amines is 1. The number of carbonyl (C=O) groups excluding carboxylic acids is 1. The first kappa shape index (κ1) is 27.4. The topological polar surface area (TPSA) is 60.6 Å². The second-order valence-electron chi connectivity index (χ2n) is 14.4. The minimum atomic E-state index is -0.343. The molecule has 2 aromatic carbocycles. The highest BCUT2D eigenvalue weighted by Crippen LogP contribution is 2.69. The lowest BCUT2D eigenvalue weighted by atomic mass is 9.53. The van der Waals surface area contributed by atoms with Gasteiger partial charge in [-0.15, -0.1) is 0 Å². The van der Waals surface area contributed by atoms with Crippen LogP contribution in [0.2, 0.25) is 0 Å². The van der Waals surface area contributed by atoms with Crippen molar-refractivity contribution in [2.24, 2.45) is 35.0 Å². The average molecular weight is 633 g/mol. The van der Waals surface area contributed by atoms with Gasteiger partial charge in [0, 0.05) is 33.9 Å². The van der Waals surface area contributed by atoms with Crippen molar-refractivity contribution < 1.29 is 19.0 Å². The third-order valence-corrected chi connectivity index (χ3v) is 12.8. The molecule has 3 aromatic rings. The van der Waals surface area contributed by atoms with Gasteiger partial charge in [0.05, 0.1) is 19.1 Å². The summed E-state index contributed by atoms with van der Waals surface area (Å²) < 4.78 is 20.3. The van der Waals surface area contributed by atoms with E-state index < -0.39 is 0 Å². The number of aromatic nitrogens is 1. The number of fused-ring (bicyclic) bond motifs is 8. The van der Waals surface area contributed by atoms with Crippen molar-refractivity contribution >= 4 is 32.8 Å². The molecule has 4 fully saturated rings. The molecule has 1 N–H and O–H groups in total. The van der Waals surface area contributed by atoms with E-state index in [1.54, 1.807) is 0 Å². The van der Waals surface area contributed by atoms with Gasteiger partial charge in [0.15, 0.2) is 5.79 Å². The van der Waals surface area contributed by atoms with Crippen molar-refractivity contribution in [1.29, 1.82) is 0 Å². The first-order chi connectivity index (χ1) is 20.2. The molecule has 222 valence electrons. The molecule has 1 spiro atoms. The fraction of sp³-hybridized carbons (Fsp3) is 0.583. The monoisotopic (exact) mass is 631 g/mol. The largest absolute Gasteiger partial charge is 0.426 e. The molecule has 1 aromatic heterocycles. The van der Waals surface area contributed by atoms with Crippen LogP contribution in [-0.4, -0.2) is 29.5 Å². The Kier molecular flexibility index (Phi) is 6.48. The lowest BCUT2D eigenvalue weighted by Gasteiger charge is -2.52. The molecule has 2 saturated heterocycles. The predicted octanol–water partition coefficient (Wildman–Crippen LogP) is 8.34. The van der Waals surface area contributed by atoms with E-state index in [0.717, 1.165) is 40.4 Å². The maximum atomic E-state index is 12.9. The number of rotatable bonds is 3. The summed E-state index contributed by atoms with van der Waals surface area (Å²) in [6.07, 6.45) is 10.7. The SMILES string of the molecule is C[C@@H]1CC[C@@]2(OC1)O[C@H]1C[C@H]3[C@@H]4CCc5cc(OC(=O)Cc6c[nH]c7ccc(Br)cc67)ccc5[C@H]4CC[C@]3(C)[C@H]1[C@@H]2C. The zero-order valence-electron chi connectivity index (χ0n) is 25.0. The number of hydrogen-bond acceptors (Lipinski definition) is 4. The fourth-order valence-electron chi connectivity index (χ4n) is 10.3. The van der Waals surface area contributed by atoms with Gasteiger partial charge in [0.2, 0.25) is 0 Å². The van der Waals surface area contributed by atoms with Gasteiger partial charge in [-0.2, -0.15) is 0 Å². The molecule has 9 atom stereocenters. The maximum Gasteiger partial charge on any atom is 0.315 e. The summed E-state index contributed by atoms with van der Waals surface area (Å²) in [5.41, 5.74) is 5.16. The molecule has 6 heteroatoms. The van der Waals surface area contributed by atoms with Crippen LogP contribution < -0.4 is 4.74 Å².